The molecule has 0 unspecified atom stereocenters. The second kappa shape index (κ2) is 24.7. The van der Waals surface area contributed by atoms with Crippen molar-refractivity contribution in [3.63, 3.8) is 0 Å². The quantitative estimate of drug-likeness (QED) is 0.0927. The third-order valence-electron chi connectivity index (χ3n) is 15.5. The van der Waals surface area contributed by atoms with Gasteiger partial charge in [0.1, 0.15) is 131 Å². The van der Waals surface area contributed by atoms with E-state index in [1.807, 2.05) is 0 Å². The van der Waals surface area contributed by atoms with Crippen LogP contribution in [-0.4, -0.2) is 12.7 Å². The molecule has 0 atom stereocenters. The maximum atomic E-state index is 15.1. The predicted molar refractivity (Wildman–Crippen MR) is 294 cm³/mol. The monoisotopic (exact) mass is 1340 g/mol. The normalized spacial score (nSPS) is 13.7. The van der Waals surface area contributed by atoms with Crippen molar-refractivity contribution in [1.29, 1.82) is 21.0 Å². The molecule has 0 spiro atoms. The Bertz CT molecular complexity index is 5190. The van der Waals surface area contributed by atoms with E-state index < -0.39 is 185 Å². The topological polar surface area (TPSA) is 131 Å². The Kier molecular flexibility index (Phi) is 17.6. The molecular formula is C66H24F20N8O2. The minimum atomic E-state index is -5.67. The lowest BCUT2D eigenvalue weighted by atomic mass is 9.86. The van der Waals surface area contributed by atoms with Gasteiger partial charge in [0.05, 0.1) is 11.1 Å². The van der Waals surface area contributed by atoms with Crippen LogP contribution in [0.1, 0.15) is 47.2 Å². The summed E-state index contributed by atoms with van der Waals surface area (Å²) >= 11 is 0. The highest BCUT2D eigenvalue weighted by molar-refractivity contribution is 5.93. The Labute approximate surface area is 525 Å². The molecule has 0 heterocycles. The summed E-state index contributed by atoms with van der Waals surface area (Å²) in [6.07, 6.45) is -24.8. The molecule has 30 heteroatoms. The molecule has 4 aliphatic rings. The molecule has 0 radical (unpaired) electrons. The van der Waals surface area contributed by atoms with Crippen molar-refractivity contribution < 1.29 is 97.3 Å². The summed E-state index contributed by atoms with van der Waals surface area (Å²) in [5.74, 6) is -16.6. The Morgan fingerprint density at radius 2 is 0.615 bits per heavy atom. The molecule has 4 aliphatic carbocycles. The number of alkyl halides is 12. The fourth-order valence-corrected chi connectivity index (χ4v) is 12.1. The summed E-state index contributed by atoms with van der Waals surface area (Å²) in [5, 5.41) is 37.0. The molecule has 10 nitrogen and oxygen atoms in total. The molecule has 480 valence electrons. The van der Waals surface area contributed by atoms with Crippen LogP contribution in [0.2, 0.25) is 0 Å². The van der Waals surface area contributed by atoms with Crippen LogP contribution in [0, 0.1) is 118 Å². The Morgan fingerprint density at radius 1 is 0.375 bits per heavy atom. The first-order valence-corrected chi connectivity index (χ1v) is 26.4. The lowest BCUT2D eigenvalue weighted by molar-refractivity contribution is -0.291. The highest BCUT2D eigenvalue weighted by atomic mass is 19.4. The third-order valence-corrected chi connectivity index (χ3v) is 15.5. The van der Waals surface area contributed by atoms with Crippen molar-refractivity contribution in [3.05, 3.63) is 252 Å². The van der Waals surface area contributed by atoms with Gasteiger partial charge in [0, 0.05) is 46.6 Å². The van der Waals surface area contributed by atoms with E-state index in [2.05, 4.69) is 28.9 Å². The molecular weight excluding hydrogens is 1320 g/mol. The summed E-state index contributed by atoms with van der Waals surface area (Å²) in [7, 11) is 0. The maximum Gasteiger partial charge on any atom is 0.573 e. The molecule has 0 bridgehead atoms. The van der Waals surface area contributed by atoms with Crippen LogP contribution in [0.3, 0.4) is 0 Å². The lowest BCUT2D eigenvalue weighted by Gasteiger charge is -2.19. The molecule has 6 aromatic carbocycles. The molecule has 96 heavy (non-hydrogen) atoms. The Balaban J connectivity index is 0.000000228. The largest absolute Gasteiger partial charge is 0.573 e. The number of hydrogen-bond acceptors (Lipinski definition) is 6. The van der Waals surface area contributed by atoms with Crippen molar-refractivity contribution in [2.45, 2.75) is 64.6 Å². The zero-order valence-electron chi connectivity index (χ0n) is 47.6. The molecule has 6 aromatic rings. The third kappa shape index (κ3) is 12.2. The number of hydrogen-bond donors (Lipinski definition) is 0. The predicted octanol–water partition coefficient (Wildman–Crippen LogP) is 15.8. The number of nitriles is 4. The first-order chi connectivity index (χ1) is 44.9. The molecule has 0 N–H and O–H groups in total. The van der Waals surface area contributed by atoms with E-state index in [0.717, 1.165) is 24.3 Å². The number of ether oxygens (including phenoxy) is 2. The average Bonchev–Trinajstić information content (AvgIpc) is 1.54. The second-order valence-corrected chi connectivity index (χ2v) is 20.8. The smallest absolute Gasteiger partial charge is 0.405 e. The maximum absolute atomic E-state index is 15.1. The van der Waals surface area contributed by atoms with Crippen LogP contribution < -0.4 is 20.9 Å². The van der Waals surface area contributed by atoms with Gasteiger partial charge in [0.2, 0.25) is 0 Å². The van der Waals surface area contributed by atoms with Crippen molar-refractivity contribution in [2.24, 2.45) is 0 Å². The van der Waals surface area contributed by atoms with Crippen LogP contribution in [-0.2, 0) is 47.5 Å². The van der Waals surface area contributed by atoms with E-state index >= 15 is 17.6 Å². The fourth-order valence-electron chi connectivity index (χ4n) is 12.1. The van der Waals surface area contributed by atoms with Crippen LogP contribution in [0.25, 0.3) is 86.6 Å². The van der Waals surface area contributed by atoms with Crippen LogP contribution >= 0.6 is 0 Å². The van der Waals surface area contributed by atoms with Gasteiger partial charge in [-0.05, 0) is 164 Å². The molecule has 0 saturated heterocycles. The van der Waals surface area contributed by atoms with Crippen LogP contribution in [0.4, 0.5) is 87.8 Å². The van der Waals surface area contributed by atoms with Gasteiger partial charge in [-0.2, -0.15) is 66.8 Å². The first kappa shape index (κ1) is 68.3. The molecule has 10 rings (SSSR count). The number of fused-ring (bicyclic) bond motifs is 4. The van der Waals surface area contributed by atoms with Gasteiger partial charge in [0.15, 0.2) is 0 Å². The molecule has 0 aliphatic heterocycles. The van der Waals surface area contributed by atoms with Gasteiger partial charge in [-0.3, -0.25) is 0 Å². The molecule has 0 aromatic heterocycles. The van der Waals surface area contributed by atoms with E-state index in [-0.39, 0.29) is 103 Å². The minimum Gasteiger partial charge on any atom is -0.405 e. The first-order valence-electron chi connectivity index (χ1n) is 26.4. The van der Waals surface area contributed by atoms with Crippen molar-refractivity contribution in [2.75, 3.05) is 0 Å². The highest BCUT2D eigenvalue weighted by Crippen LogP contribution is 2.46. The fraction of sp³-hybridized carbons (Fsp3) is 0.152. The number of rotatable bonds is 6. The van der Waals surface area contributed by atoms with Gasteiger partial charge < -0.3 is 9.47 Å². The van der Waals surface area contributed by atoms with Crippen LogP contribution in [0.15, 0.2) is 106 Å². The summed E-state index contributed by atoms with van der Waals surface area (Å²) in [5.41, 5.74) is -12.5. The zero-order valence-corrected chi connectivity index (χ0v) is 47.6. The summed E-state index contributed by atoms with van der Waals surface area (Å²) in [4.78, 5) is 12.6. The summed E-state index contributed by atoms with van der Waals surface area (Å²) in [6, 6.07) is 10.9. The van der Waals surface area contributed by atoms with Gasteiger partial charge in [0.25, 0.3) is 0 Å². The summed E-state index contributed by atoms with van der Waals surface area (Å²) in [6.45, 7) is 32.5. The van der Waals surface area contributed by atoms with E-state index in [9.17, 15) is 91.3 Å². The number of halogens is 20. The number of allylic oxidation sites excluding steroid dienone is 4. The average molecular weight is 1340 g/mol. The van der Waals surface area contributed by atoms with Gasteiger partial charge >= 0.3 is 36.7 Å². The SMILES string of the molecule is [C-]#[N+]C([N+]#[C-])=C1Cc2c(-c3cc(F)c(C(F)(F)F)c(F)c3)c3c(c(-c4cc(F)c(C(F)(F)F)c(F)c4)c2=C1C)CC(=C(C#N)C#N)C=3OC(F)(F)F.[C-]#[N+]C([N+]#[C-])=C1Cc2c(-c3cc(F)cc(F)c3)c3c(c(-c4cc(F)cc(F)c4)c2=C1C)CC(=C(C#N)C#N)C=3OC(F)(F)F. The number of benzene rings is 6. The van der Waals surface area contributed by atoms with E-state index in [4.69, 9.17) is 26.3 Å². The lowest BCUT2D eigenvalue weighted by Crippen LogP contribution is -2.26. The molecule has 0 fully saturated rings. The number of nitrogens with zero attached hydrogens (tertiary/aromatic N) is 8. The Hall–Kier alpha value is -12.1. The van der Waals surface area contributed by atoms with E-state index in [1.54, 1.807) is 0 Å². The van der Waals surface area contributed by atoms with Crippen molar-refractivity contribution in [3.8, 4) is 68.8 Å². The van der Waals surface area contributed by atoms with Gasteiger partial charge in [-0.15, -0.1) is 26.3 Å². The van der Waals surface area contributed by atoms with Crippen molar-refractivity contribution in [1.82, 2.24) is 0 Å². The van der Waals surface area contributed by atoms with Gasteiger partial charge in [-0.25, -0.2) is 35.1 Å². The molecule has 0 amide bonds. The molecule has 0 saturated carbocycles. The van der Waals surface area contributed by atoms with Crippen molar-refractivity contribution >= 4 is 22.7 Å². The standard InChI is InChI=1S/C34H11F13N4O.C32H13F7N4O/c1-12-16(31(50-2)51-3)8-18-24(12)25(13-4-20(35)28(21(36)5-13)32(39,40)41)19-9-17(15(10-48)11-49)30(52-34(45,46)47)27(19)26(18)14-6-22(37)29(23(38)7-14)33(42,43)44;1-14-22(31(42-2)43-3)10-24-26(14)27(15-4-18(33)8-19(34)5-15)25-11-23(17(12-40)13-41)30(44-32(37,38)39)29(25)28(24)16-6-20(35)9-21(36)7-16/h4-7H,8-9H2,1H3;4-9H,10-11H2,1H3. The second-order valence-electron chi connectivity index (χ2n) is 20.8. The van der Waals surface area contributed by atoms with E-state index in [1.165, 1.54) is 38.1 Å². The van der Waals surface area contributed by atoms with Crippen LogP contribution in [0.5, 0.6) is 0 Å². The Morgan fingerprint density at radius 3 is 0.854 bits per heavy atom. The highest BCUT2D eigenvalue weighted by Gasteiger charge is 2.45. The minimum absolute atomic E-state index is 0.0238. The van der Waals surface area contributed by atoms with Gasteiger partial charge in [-0.1, -0.05) is 0 Å². The van der Waals surface area contributed by atoms with E-state index in [0.29, 0.717) is 12.1 Å². The summed E-state index contributed by atoms with van der Waals surface area (Å²) < 4.78 is 292. The zero-order chi connectivity index (χ0) is 70.9.